The van der Waals surface area contributed by atoms with Gasteiger partial charge in [-0.3, -0.25) is 4.79 Å². The minimum Gasteiger partial charge on any atom is -0.375 e. The molecule has 3 rings (SSSR count). The summed E-state index contributed by atoms with van der Waals surface area (Å²) in [5, 5.41) is 3.58. The first-order valence-corrected chi connectivity index (χ1v) is 6.38. The number of rotatable bonds is 1. The molecule has 0 saturated heterocycles. The highest BCUT2D eigenvalue weighted by molar-refractivity contribution is 7.22. The van der Waals surface area contributed by atoms with Gasteiger partial charge in [0, 0.05) is 13.0 Å². The van der Waals surface area contributed by atoms with Gasteiger partial charge in [0.15, 0.2) is 5.13 Å². The van der Waals surface area contributed by atoms with E-state index in [1.807, 2.05) is 0 Å². The number of carbonyl (C=O) groups is 1. The Labute approximate surface area is 103 Å². The van der Waals surface area contributed by atoms with Crippen LogP contribution in [0.25, 0.3) is 10.2 Å². The number of benzene rings is 1. The van der Waals surface area contributed by atoms with Crippen LogP contribution in [0, 0.1) is 0 Å². The number of hydrogen-bond donors (Lipinski definition) is 2. The zero-order chi connectivity index (χ0) is 12.0. The highest BCUT2D eigenvalue weighted by Crippen LogP contribution is 2.31. The van der Waals surface area contributed by atoms with E-state index in [4.69, 9.17) is 5.73 Å². The SMILES string of the molecule is CC(=O)NC1Cc2cc3nc(N)sc3cc2C1. The van der Waals surface area contributed by atoms with Crippen LogP contribution in [0.1, 0.15) is 18.1 Å². The van der Waals surface area contributed by atoms with Crippen molar-refractivity contribution in [2.24, 2.45) is 0 Å². The third kappa shape index (κ3) is 1.86. The summed E-state index contributed by atoms with van der Waals surface area (Å²) in [6.07, 6.45) is 1.80. The molecule has 1 aromatic heterocycles. The molecule has 0 radical (unpaired) electrons. The Hall–Kier alpha value is -1.62. The lowest BCUT2D eigenvalue weighted by atomic mass is 10.1. The van der Waals surface area contributed by atoms with Crippen molar-refractivity contribution in [2.45, 2.75) is 25.8 Å². The molecule has 0 fully saturated rings. The van der Waals surface area contributed by atoms with Gasteiger partial charge >= 0.3 is 0 Å². The smallest absolute Gasteiger partial charge is 0.217 e. The van der Waals surface area contributed by atoms with Gasteiger partial charge in [-0.05, 0) is 36.1 Å². The Balaban J connectivity index is 1.95. The largest absolute Gasteiger partial charge is 0.375 e. The van der Waals surface area contributed by atoms with Crippen LogP contribution in [0.2, 0.25) is 0 Å². The summed E-state index contributed by atoms with van der Waals surface area (Å²) >= 11 is 1.51. The third-order valence-corrected chi connectivity index (χ3v) is 3.91. The molecule has 0 spiro atoms. The fourth-order valence-corrected chi connectivity index (χ4v) is 3.23. The van der Waals surface area contributed by atoms with Crippen molar-refractivity contribution in [3.8, 4) is 0 Å². The Morgan fingerprint density at radius 2 is 2.18 bits per heavy atom. The average molecular weight is 247 g/mol. The summed E-state index contributed by atoms with van der Waals surface area (Å²) in [6.45, 7) is 1.56. The second-order valence-electron chi connectivity index (χ2n) is 4.45. The molecule has 5 heteroatoms. The lowest BCUT2D eigenvalue weighted by Gasteiger charge is -2.08. The molecule has 3 N–H and O–H groups in total. The maximum absolute atomic E-state index is 11.0. The zero-order valence-corrected chi connectivity index (χ0v) is 10.3. The third-order valence-electron chi connectivity index (χ3n) is 3.07. The standard InChI is InChI=1S/C12H13N3OS/c1-6(16)14-9-2-7-4-10-11(5-8(7)3-9)17-12(13)15-10/h4-5,9H,2-3H2,1H3,(H2,13,15)(H,14,16). The van der Waals surface area contributed by atoms with Crippen LogP contribution in [0.4, 0.5) is 5.13 Å². The van der Waals surface area contributed by atoms with Crippen LogP contribution < -0.4 is 11.1 Å². The van der Waals surface area contributed by atoms with E-state index in [0.29, 0.717) is 5.13 Å². The number of fused-ring (bicyclic) bond motifs is 2. The van der Waals surface area contributed by atoms with Crippen LogP contribution >= 0.6 is 11.3 Å². The van der Waals surface area contributed by atoms with Crippen LogP contribution in [0.15, 0.2) is 12.1 Å². The molecule has 2 aromatic rings. The van der Waals surface area contributed by atoms with E-state index in [-0.39, 0.29) is 11.9 Å². The van der Waals surface area contributed by atoms with Crippen LogP contribution in [-0.2, 0) is 17.6 Å². The summed E-state index contributed by atoms with van der Waals surface area (Å²) in [7, 11) is 0. The predicted molar refractivity (Wildman–Crippen MR) is 69.0 cm³/mol. The molecule has 0 bridgehead atoms. The normalized spacial score (nSPS) is 18.3. The van der Waals surface area contributed by atoms with Gasteiger partial charge in [-0.25, -0.2) is 4.98 Å². The maximum Gasteiger partial charge on any atom is 0.217 e. The van der Waals surface area contributed by atoms with E-state index in [1.54, 1.807) is 6.92 Å². The van der Waals surface area contributed by atoms with Crippen molar-refractivity contribution in [3.05, 3.63) is 23.3 Å². The van der Waals surface area contributed by atoms with Crippen molar-refractivity contribution >= 4 is 32.6 Å². The summed E-state index contributed by atoms with van der Waals surface area (Å²) in [5.41, 5.74) is 9.25. The summed E-state index contributed by atoms with van der Waals surface area (Å²) in [4.78, 5) is 15.3. The van der Waals surface area contributed by atoms with Crippen molar-refractivity contribution in [1.82, 2.24) is 10.3 Å². The number of nitrogens with two attached hydrogens (primary N) is 1. The fourth-order valence-electron chi connectivity index (χ4n) is 2.45. The summed E-state index contributed by atoms with van der Waals surface area (Å²) in [6, 6.07) is 4.48. The van der Waals surface area contributed by atoms with E-state index in [0.717, 1.165) is 23.1 Å². The van der Waals surface area contributed by atoms with Gasteiger partial charge in [0.05, 0.1) is 10.2 Å². The molecule has 1 heterocycles. The van der Waals surface area contributed by atoms with Crippen molar-refractivity contribution in [2.75, 3.05) is 5.73 Å². The first-order valence-electron chi connectivity index (χ1n) is 5.57. The summed E-state index contributed by atoms with van der Waals surface area (Å²) < 4.78 is 1.13. The van der Waals surface area contributed by atoms with Crippen LogP contribution in [0.3, 0.4) is 0 Å². The highest BCUT2D eigenvalue weighted by Gasteiger charge is 2.23. The number of carbonyl (C=O) groups excluding carboxylic acids is 1. The second-order valence-corrected chi connectivity index (χ2v) is 5.51. The molecule has 0 aliphatic heterocycles. The Bertz CT molecular complexity index is 562. The highest BCUT2D eigenvalue weighted by atomic mass is 32.1. The number of hydrogen-bond acceptors (Lipinski definition) is 4. The molecular weight excluding hydrogens is 234 g/mol. The average Bonchev–Trinajstić information content (AvgIpc) is 2.73. The predicted octanol–water partition coefficient (Wildman–Crippen LogP) is 1.48. The molecule has 1 aliphatic rings. The fraction of sp³-hybridized carbons (Fsp3) is 0.333. The Morgan fingerprint density at radius 1 is 1.47 bits per heavy atom. The molecule has 88 valence electrons. The van der Waals surface area contributed by atoms with Gasteiger partial charge < -0.3 is 11.1 Å². The van der Waals surface area contributed by atoms with Gasteiger partial charge in [0.1, 0.15) is 0 Å². The van der Waals surface area contributed by atoms with E-state index in [2.05, 4.69) is 22.4 Å². The molecule has 4 nitrogen and oxygen atoms in total. The summed E-state index contributed by atoms with van der Waals surface area (Å²) in [5.74, 6) is 0.0342. The van der Waals surface area contributed by atoms with E-state index in [9.17, 15) is 4.79 Å². The molecule has 1 aliphatic carbocycles. The van der Waals surface area contributed by atoms with Crippen molar-refractivity contribution in [3.63, 3.8) is 0 Å². The molecule has 1 amide bonds. The number of thiazole rings is 1. The molecule has 0 saturated carbocycles. The van der Waals surface area contributed by atoms with E-state index >= 15 is 0 Å². The number of aromatic nitrogens is 1. The van der Waals surface area contributed by atoms with Crippen molar-refractivity contribution in [1.29, 1.82) is 0 Å². The van der Waals surface area contributed by atoms with Gasteiger partial charge in [0.2, 0.25) is 5.91 Å². The number of anilines is 1. The lowest BCUT2D eigenvalue weighted by molar-refractivity contribution is -0.119. The first-order chi connectivity index (χ1) is 8.11. The van der Waals surface area contributed by atoms with Gasteiger partial charge in [0.25, 0.3) is 0 Å². The molecule has 17 heavy (non-hydrogen) atoms. The number of nitrogens with one attached hydrogen (secondary N) is 1. The Morgan fingerprint density at radius 3 is 2.88 bits per heavy atom. The zero-order valence-electron chi connectivity index (χ0n) is 9.49. The van der Waals surface area contributed by atoms with E-state index in [1.165, 1.54) is 22.5 Å². The van der Waals surface area contributed by atoms with E-state index < -0.39 is 0 Å². The molecule has 1 unspecified atom stereocenters. The minimum absolute atomic E-state index is 0.0342. The Kier molecular flexibility index (Phi) is 2.29. The second kappa shape index (κ2) is 3.70. The van der Waals surface area contributed by atoms with Crippen LogP contribution in [-0.4, -0.2) is 16.9 Å². The number of nitrogen functional groups attached to an aromatic ring is 1. The van der Waals surface area contributed by atoms with Crippen molar-refractivity contribution < 1.29 is 4.79 Å². The number of amides is 1. The van der Waals surface area contributed by atoms with Crippen LogP contribution in [0.5, 0.6) is 0 Å². The number of nitrogens with zero attached hydrogens (tertiary/aromatic N) is 1. The minimum atomic E-state index is 0.0342. The monoisotopic (exact) mass is 247 g/mol. The lowest BCUT2D eigenvalue weighted by Crippen LogP contribution is -2.33. The quantitative estimate of drug-likeness (QED) is 0.802. The first kappa shape index (κ1) is 10.5. The van der Waals surface area contributed by atoms with Gasteiger partial charge in [-0.2, -0.15) is 0 Å². The van der Waals surface area contributed by atoms with Gasteiger partial charge in [-0.15, -0.1) is 0 Å². The van der Waals surface area contributed by atoms with Gasteiger partial charge in [-0.1, -0.05) is 11.3 Å². The molecule has 1 aromatic carbocycles. The maximum atomic E-state index is 11.0. The molecular formula is C12H13N3OS. The molecule has 1 atom stereocenters. The topological polar surface area (TPSA) is 68.0 Å².